The van der Waals surface area contributed by atoms with Crippen LogP contribution in [0.15, 0.2) is 22.7 Å². The molecule has 0 aliphatic heterocycles. The predicted octanol–water partition coefficient (Wildman–Crippen LogP) is 3.01. The quantitative estimate of drug-likeness (QED) is 0.842. The molecule has 1 heterocycles. The second kappa shape index (κ2) is 8.33. The van der Waals surface area contributed by atoms with Gasteiger partial charge >= 0.3 is 0 Å². The van der Waals surface area contributed by atoms with Gasteiger partial charge in [0.25, 0.3) is 0 Å². The Balaban J connectivity index is 1.85. The van der Waals surface area contributed by atoms with Crippen molar-refractivity contribution in [2.24, 2.45) is 0 Å². The highest BCUT2D eigenvalue weighted by Gasteiger charge is 2.21. The first-order valence-corrected chi connectivity index (χ1v) is 9.01. The molecule has 0 radical (unpaired) electrons. The number of likely N-dealkylation sites (N-methyl/N-ethyl adjacent to an activating group) is 1. The number of aromatic nitrogens is 2. The summed E-state index contributed by atoms with van der Waals surface area (Å²) in [5.41, 5.74) is 2.69. The Kier molecular flexibility index (Phi) is 6.36. The smallest absolute Gasteiger partial charge is 0.243 e. The number of carbonyl (C=O) groups excluding carboxylic acids is 2. The predicted molar refractivity (Wildman–Crippen MR) is 104 cm³/mol. The Morgan fingerprint density at radius 2 is 1.93 bits per heavy atom. The molecule has 2 rings (SSSR count). The molecule has 0 bridgehead atoms. The summed E-state index contributed by atoms with van der Waals surface area (Å²) in [4.78, 5) is 30.2. The molecule has 0 aliphatic carbocycles. The zero-order valence-corrected chi connectivity index (χ0v) is 16.9. The maximum absolute atomic E-state index is 12.3. The summed E-state index contributed by atoms with van der Waals surface area (Å²) in [5, 5.41) is 6.80. The Morgan fingerprint density at radius 1 is 1.22 bits per heavy atom. The molecule has 1 N–H and O–H groups in total. The van der Waals surface area contributed by atoms with E-state index in [4.69, 9.17) is 4.52 Å². The Hall–Kier alpha value is -2.70. The van der Waals surface area contributed by atoms with E-state index in [-0.39, 0.29) is 30.2 Å². The fraction of sp³-hybridized carbons (Fsp3) is 0.500. The van der Waals surface area contributed by atoms with Crippen LogP contribution in [-0.2, 0) is 21.4 Å². The summed E-state index contributed by atoms with van der Waals surface area (Å²) in [5.74, 6) is 0.668. The molecule has 7 nitrogen and oxygen atoms in total. The first-order chi connectivity index (χ1) is 12.6. The minimum Gasteiger partial charge on any atom is -0.339 e. The Morgan fingerprint density at radius 3 is 2.56 bits per heavy atom. The molecule has 0 saturated heterocycles. The summed E-state index contributed by atoms with van der Waals surface area (Å²) >= 11 is 0. The minimum atomic E-state index is -0.229. The van der Waals surface area contributed by atoms with Gasteiger partial charge in [0.2, 0.25) is 17.7 Å². The number of nitrogens with one attached hydrogen (secondary N) is 1. The molecular weight excluding hydrogens is 344 g/mol. The normalized spacial score (nSPS) is 11.3. The number of rotatable bonds is 6. The SMILES string of the molecule is Cc1cccc(NC(=O)CN(C)C(=O)CCc2nc(C(C)(C)C)no2)c1C. The highest BCUT2D eigenvalue weighted by Crippen LogP contribution is 2.19. The van der Waals surface area contributed by atoms with Crippen molar-refractivity contribution < 1.29 is 14.1 Å². The molecule has 7 heteroatoms. The van der Waals surface area contributed by atoms with Crippen molar-refractivity contribution in [2.45, 2.75) is 52.9 Å². The average Bonchev–Trinajstić information content (AvgIpc) is 3.06. The van der Waals surface area contributed by atoms with Crippen molar-refractivity contribution in [1.29, 1.82) is 0 Å². The van der Waals surface area contributed by atoms with Gasteiger partial charge in [-0.1, -0.05) is 38.1 Å². The molecule has 1 aromatic heterocycles. The van der Waals surface area contributed by atoms with Crippen LogP contribution in [0.25, 0.3) is 0 Å². The van der Waals surface area contributed by atoms with E-state index in [1.165, 1.54) is 4.90 Å². The number of benzene rings is 1. The van der Waals surface area contributed by atoms with E-state index in [0.29, 0.717) is 18.1 Å². The molecule has 2 amide bonds. The van der Waals surface area contributed by atoms with Crippen LogP contribution in [0.3, 0.4) is 0 Å². The van der Waals surface area contributed by atoms with Crippen LogP contribution in [0, 0.1) is 13.8 Å². The van der Waals surface area contributed by atoms with Crippen LogP contribution in [0.5, 0.6) is 0 Å². The fourth-order valence-corrected chi connectivity index (χ4v) is 2.45. The van der Waals surface area contributed by atoms with Gasteiger partial charge in [-0.3, -0.25) is 9.59 Å². The zero-order valence-electron chi connectivity index (χ0n) is 16.9. The number of carbonyl (C=O) groups is 2. The van der Waals surface area contributed by atoms with E-state index < -0.39 is 0 Å². The fourth-order valence-electron chi connectivity index (χ4n) is 2.45. The monoisotopic (exact) mass is 372 g/mol. The third-order valence-electron chi connectivity index (χ3n) is 4.38. The van der Waals surface area contributed by atoms with Crippen LogP contribution in [-0.4, -0.2) is 40.4 Å². The van der Waals surface area contributed by atoms with Gasteiger partial charge < -0.3 is 14.7 Å². The number of anilines is 1. The number of aryl methyl sites for hydroxylation is 2. The molecule has 2 aromatic rings. The highest BCUT2D eigenvalue weighted by molar-refractivity contribution is 5.95. The van der Waals surface area contributed by atoms with Crippen LogP contribution in [0.1, 0.15) is 50.0 Å². The lowest BCUT2D eigenvalue weighted by Gasteiger charge is -2.17. The molecule has 146 valence electrons. The first kappa shape index (κ1) is 20.6. The minimum absolute atomic E-state index is 0.0106. The van der Waals surface area contributed by atoms with Crippen molar-refractivity contribution in [3.63, 3.8) is 0 Å². The molecule has 0 atom stereocenters. The van der Waals surface area contributed by atoms with Crippen LogP contribution in [0.4, 0.5) is 5.69 Å². The molecular formula is C20H28N4O3. The molecule has 0 aliphatic rings. The summed E-state index contributed by atoms with van der Waals surface area (Å²) in [7, 11) is 1.61. The first-order valence-electron chi connectivity index (χ1n) is 9.01. The molecule has 0 spiro atoms. The lowest BCUT2D eigenvalue weighted by atomic mass is 9.96. The molecule has 1 aromatic carbocycles. The van der Waals surface area contributed by atoms with E-state index in [9.17, 15) is 9.59 Å². The standard InChI is InChI=1S/C20H28N4O3/c1-13-8-7-9-15(14(13)2)21-16(25)12-24(6)18(26)11-10-17-22-19(23-27-17)20(3,4)5/h7-9H,10-12H2,1-6H3,(H,21,25). The molecule has 27 heavy (non-hydrogen) atoms. The van der Waals surface area contributed by atoms with E-state index in [1.807, 2.05) is 52.8 Å². The number of nitrogens with zero attached hydrogens (tertiary/aromatic N) is 3. The van der Waals surface area contributed by atoms with Gasteiger partial charge in [-0.05, 0) is 31.0 Å². The summed E-state index contributed by atoms with van der Waals surface area (Å²) < 4.78 is 5.19. The van der Waals surface area contributed by atoms with E-state index >= 15 is 0 Å². The lowest BCUT2D eigenvalue weighted by molar-refractivity contribution is -0.133. The average molecular weight is 372 g/mol. The van der Waals surface area contributed by atoms with Gasteiger partial charge in [-0.25, -0.2) is 0 Å². The van der Waals surface area contributed by atoms with Gasteiger partial charge in [0, 0.05) is 31.0 Å². The lowest BCUT2D eigenvalue weighted by Crippen LogP contribution is -2.35. The van der Waals surface area contributed by atoms with Gasteiger partial charge in [0.1, 0.15) is 0 Å². The third-order valence-corrected chi connectivity index (χ3v) is 4.38. The zero-order chi connectivity index (χ0) is 20.2. The largest absolute Gasteiger partial charge is 0.339 e. The summed E-state index contributed by atoms with van der Waals surface area (Å²) in [6, 6.07) is 5.73. The molecule has 0 unspecified atom stereocenters. The third kappa shape index (κ3) is 5.64. The Bertz CT molecular complexity index is 821. The van der Waals surface area contributed by atoms with Gasteiger partial charge in [-0.2, -0.15) is 4.98 Å². The highest BCUT2D eigenvalue weighted by atomic mass is 16.5. The van der Waals surface area contributed by atoms with E-state index in [2.05, 4.69) is 15.5 Å². The van der Waals surface area contributed by atoms with Crippen LogP contribution in [0.2, 0.25) is 0 Å². The van der Waals surface area contributed by atoms with E-state index in [1.54, 1.807) is 7.05 Å². The number of amides is 2. The van der Waals surface area contributed by atoms with Crippen LogP contribution < -0.4 is 5.32 Å². The topological polar surface area (TPSA) is 88.3 Å². The van der Waals surface area contributed by atoms with Crippen molar-refractivity contribution >= 4 is 17.5 Å². The van der Waals surface area contributed by atoms with Gasteiger partial charge in [0.05, 0.1) is 6.54 Å². The second-order valence-corrected chi connectivity index (χ2v) is 7.81. The molecule has 0 saturated carbocycles. The van der Waals surface area contributed by atoms with Crippen molar-refractivity contribution in [3.8, 4) is 0 Å². The number of hydrogen-bond donors (Lipinski definition) is 1. The van der Waals surface area contributed by atoms with Gasteiger partial charge in [-0.15, -0.1) is 0 Å². The maximum Gasteiger partial charge on any atom is 0.243 e. The van der Waals surface area contributed by atoms with Crippen molar-refractivity contribution in [3.05, 3.63) is 41.0 Å². The van der Waals surface area contributed by atoms with Crippen molar-refractivity contribution in [1.82, 2.24) is 15.0 Å². The molecule has 0 fully saturated rings. The Labute approximate surface area is 160 Å². The number of hydrogen-bond acceptors (Lipinski definition) is 5. The van der Waals surface area contributed by atoms with Crippen LogP contribution >= 0.6 is 0 Å². The summed E-state index contributed by atoms with van der Waals surface area (Å²) in [6.45, 7) is 9.92. The second-order valence-electron chi connectivity index (χ2n) is 7.81. The van der Waals surface area contributed by atoms with E-state index in [0.717, 1.165) is 16.8 Å². The van der Waals surface area contributed by atoms with Crippen molar-refractivity contribution in [2.75, 3.05) is 18.9 Å². The maximum atomic E-state index is 12.3. The summed E-state index contributed by atoms with van der Waals surface area (Å²) in [6.07, 6.45) is 0.559. The van der Waals surface area contributed by atoms with Gasteiger partial charge in [0.15, 0.2) is 5.82 Å².